The summed E-state index contributed by atoms with van der Waals surface area (Å²) in [5.74, 6) is 1.52. The number of carbonyl (C=O) groups excluding carboxylic acids is 2. The molecule has 4 aromatic rings. The number of amides is 2. The molecule has 2 amide bonds. The molecule has 1 aliphatic rings. The van der Waals surface area contributed by atoms with Crippen LogP contribution in [-0.2, 0) is 17.8 Å². The summed E-state index contributed by atoms with van der Waals surface area (Å²) in [6.07, 6.45) is 0.430. The van der Waals surface area contributed by atoms with E-state index in [1.54, 1.807) is 23.1 Å². The average molecular weight is 536 g/mol. The molecule has 4 aromatic carbocycles. The van der Waals surface area contributed by atoms with Crippen molar-refractivity contribution < 1.29 is 19.1 Å². The Morgan fingerprint density at radius 2 is 1.52 bits per heavy atom. The first-order valence-corrected chi connectivity index (χ1v) is 13.4. The van der Waals surface area contributed by atoms with Crippen LogP contribution in [0.2, 0.25) is 0 Å². The summed E-state index contributed by atoms with van der Waals surface area (Å²) in [6, 6.07) is 31.1. The smallest absolute Gasteiger partial charge is 0.254 e. The fourth-order valence-electron chi connectivity index (χ4n) is 4.66. The first kappa shape index (κ1) is 27.0. The molecule has 0 bridgehead atoms. The lowest BCUT2D eigenvalue weighted by Crippen LogP contribution is -2.50. The van der Waals surface area contributed by atoms with E-state index in [0.717, 1.165) is 23.4 Å². The molecule has 0 saturated carbocycles. The van der Waals surface area contributed by atoms with Crippen molar-refractivity contribution >= 4 is 17.5 Å². The summed E-state index contributed by atoms with van der Waals surface area (Å²) >= 11 is 0. The summed E-state index contributed by atoms with van der Waals surface area (Å²) in [4.78, 5) is 31.1. The van der Waals surface area contributed by atoms with E-state index in [1.165, 1.54) is 0 Å². The van der Waals surface area contributed by atoms with Crippen LogP contribution in [0.5, 0.6) is 17.2 Å². The number of carbonyl (C=O) groups is 2. The third-order valence-electron chi connectivity index (χ3n) is 6.80. The molecule has 7 heteroatoms. The number of nitrogens with zero attached hydrogens (tertiary/aromatic N) is 2. The van der Waals surface area contributed by atoms with Crippen LogP contribution in [0, 0.1) is 0 Å². The Bertz CT molecular complexity index is 1450. The Hall–Kier alpha value is -4.62. The Kier molecular flexibility index (Phi) is 8.42. The molecule has 1 N–H and O–H groups in total. The predicted molar refractivity (Wildman–Crippen MR) is 156 cm³/mol. The molecular formula is C33H33N3O4. The Balaban J connectivity index is 1.33. The SMILES string of the molecule is CN(C)CCOc1ccc(NC(=O)[C@H]2Cc3ccccc3CN2C(=O)c2cccc(Oc3ccccc3)c2)cc1. The molecular weight excluding hydrogens is 502 g/mol. The van der Waals surface area contributed by atoms with E-state index in [-0.39, 0.29) is 11.8 Å². The normalized spacial score (nSPS) is 14.4. The molecule has 0 saturated heterocycles. The zero-order chi connectivity index (χ0) is 27.9. The molecule has 0 unspecified atom stereocenters. The van der Waals surface area contributed by atoms with E-state index in [1.807, 2.05) is 99.0 Å². The third kappa shape index (κ3) is 6.68. The molecule has 7 nitrogen and oxygen atoms in total. The lowest BCUT2D eigenvalue weighted by atomic mass is 9.92. The van der Waals surface area contributed by atoms with Crippen molar-refractivity contribution in [3.63, 3.8) is 0 Å². The van der Waals surface area contributed by atoms with Gasteiger partial charge >= 0.3 is 0 Å². The zero-order valence-corrected chi connectivity index (χ0v) is 22.7. The summed E-state index contributed by atoms with van der Waals surface area (Å²) in [5, 5.41) is 3.00. The van der Waals surface area contributed by atoms with Crippen LogP contribution in [0.3, 0.4) is 0 Å². The van der Waals surface area contributed by atoms with Crippen molar-refractivity contribution in [3.05, 3.63) is 120 Å². The van der Waals surface area contributed by atoms with Crippen LogP contribution in [-0.4, -0.2) is 54.9 Å². The quantitative estimate of drug-likeness (QED) is 0.301. The molecule has 1 heterocycles. The van der Waals surface area contributed by atoms with Gasteiger partial charge < -0.3 is 24.6 Å². The number of benzene rings is 4. The van der Waals surface area contributed by atoms with Crippen molar-refractivity contribution in [1.82, 2.24) is 9.80 Å². The number of likely N-dealkylation sites (N-methyl/N-ethyl adjacent to an activating group) is 1. The van der Waals surface area contributed by atoms with Gasteiger partial charge in [0.2, 0.25) is 5.91 Å². The highest BCUT2D eigenvalue weighted by Crippen LogP contribution is 2.28. The molecule has 1 atom stereocenters. The number of ether oxygens (including phenoxy) is 2. The van der Waals surface area contributed by atoms with Gasteiger partial charge in [0.05, 0.1) is 0 Å². The van der Waals surface area contributed by atoms with E-state index in [9.17, 15) is 9.59 Å². The van der Waals surface area contributed by atoms with Gasteiger partial charge in [-0.3, -0.25) is 9.59 Å². The van der Waals surface area contributed by atoms with Gasteiger partial charge in [0.1, 0.15) is 29.9 Å². The van der Waals surface area contributed by atoms with Crippen LogP contribution in [0.25, 0.3) is 0 Å². The maximum Gasteiger partial charge on any atom is 0.254 e. The summed E-state index contributed by atoms with van der Waals surface area (Å²) in [7, 11) is 3.99. The Labute approximate surface area is 235 Å². The molecule has 0 spiro atoms. The van der Waals surface area contributed by atoms with Gasteiger partial charge in [-0.25, -0.2) is 0 Å². The van der Waals surface area contributed by atoms with Crippen molar-refractivity contribution in [3.8, 4) is 17.2 Å². The Morgan fingerprint density at radius 3 is 2.27 bits per heavy atom. The van der Waals surface area contributed by atoms with Crippen molar-refractivity contribution in [2.24, 2.45) is 0 Å². The Morgan fingerprint density at radius 1 is 0.825 bits per heavy atom. The number of rotatable bonds is 9. The number of para-hydroxylation sites is 1. The highest BCUT2D eigenvalue weighted by atomic mass is 16.5. The van der Waals surface area contributed by atoms with Gasteiger partial charge in [0, 0.05) is 30.8 Å². The molecule has 5 rings (SSSR count). The first-order chi connectivity index (χ1) is 19.5. The largest absolute Gasteiger partial charge is 0.492 e. The van der Waals surface area contributed by atoms with Crippen molar-refractivity contribution in [1.29, 1.82) is 0 Å². The van der Waals surface area contributed by atoms with Gasteiger partial charge in [-0.2, -0.15) is 0 Å². The topological polar surface area (TPSA) is 71.1 Å². The molecule has 0 aliphatic carbocycles. The second-order valence-electron chi connectivity index (χ2n) is 10.0. The van der Waals surface area contributed by atoms with E-state index >= 15 is 0 Å². The van der Waals surface area contributed by atoms with Crippen LogP contribution in [0.15, 0.2) is 103 Å². The van der Waals surface area contributed by atoms with E-state index < -0.39 is 6.04 Å². The number of fused-ring (bicyclic) bond motifs is 1. The highest BCUT2D eigenvalue weighted by molar-refractivity contribution is 6.01. The fourth-order valence-corrected chi connectivity index (χ4v) is 4.66. The van der Waals surface area contributed by atoms with Gasteiger partial charge in [0.15, 0.2) is 0 Å². The molecule has 0 fully saturated rings. The number of hydrogen-bond donors (Lipinski definition) is 1. The highest BCUT2D eigenvalue weighted by Gasteiger charge is 2.35. The number of hydrogen-bond acceptors (Lipinski definition) is 5. The second-order valence-corrected chi connectivity index (χ2v) is 10.0. The van der Waals surface area contributed by atoms with Crippen LogP contribution in [0.4, 0.5) is 5.69 Å². The molecule has 0 aromatic heterocycles. The summed E-state index contributed by atoms with van der Waals surface area (Å²) < 4.78 is 11.7. The lowest BCUT2D eigenvalue weighted by Gasteiger charge is -2.36. The van der Waals surface area contributed by atoms with Gasteiger partial charge in [0.25, 0.3) is 5.91 Å². The fraction of sp³-hybridized carbons (Fsp3) is 0.212. The van der Waals surface area contributed by atoms with E-state index in [4.69, 9.17) is 9.47 Å². The molecule has 204 valence electrons. The zero-order valence-electron chi connectivity index (χ0n) is 22.7. The van der Waals surface area contributed by atoms with E-state index in [0.29, 0.717) is 42.3 Å². The molecule has 40 heavy (non-hydrogen) atoms. The van der Waals surface area contributed by atoms with E-state index in [2.05, 4.69) is 10.2 Å². The maximum absolute atomic E-state index is 13.8. The summed E-state index contributed by atoms with van der Waals surface area (Å²) in [6.45, 7) is 1.73. The minimum absolute atomic E-state index is 0.224. The molecule has 1 aliphatic heterocycles. The van der Waals surface area contributed by atoms with Crippen molar-refractivity contribution in [2.75, 3.05) is 32.6 Å². The van der Waals surface area contributed by atoms with Crippen LogP contribution >= 0.6 is 0 Å². The first-order valence-electron chi connectivity index (χ1n) is 13.4. The minimum Gasteiger partial charge on any atom is -0.492 e. The second kappa shape index (κ2) is 12.5. The van der Waals surface area contributed by atoms with Gasteiger partial charge in [-0.15, -0.1) is 0 Å². The van der Waals surface area contributed by atoms with Crippen molar-refractivity contribution in [2.45, 2.75) is 19.0 Å². The van der Waals surface area contributed by atoms with Crippen LogP contribution in [0.1, 0.15) is 21.5 Å². The molecule has 0 radical (unpaired) electrons. The number of anilines is 1. The van der Waals surface area contributed by atoms with Gasteiger partial charge in [-0.05, 0) is 79.8 Å². The maximum atomic E-state index is 13.8. The minimum atomic E-state index is -0.669. The lowest BCUT2D eigenvalue weighted by molar-refractivity contribution is -0.121. The predicted octanol–water partition coefficient (Wildman–Crippen LogP) is 5.63. The average Bonchev–Trinajstić information content (AvgIpc) is 2.97. The third-order valence-corrected chi connectivity index (χ3v) is 6.80. The standard InChI is InChI=1S/C33H33N3O4/c1-35(2)19-20-39-28-17-15-27(16-18-28)34-32(37)31-22-24-9-6-7-10-26(24)23-36(31)33(38)25-11-8-14-30(21-25)40-29-12-4-3-5-13-29/h3-18,21,31H,19-20,22-23H2,1-2H3,(H,34,37)/t31-/m1/s1. The summed E-state index contributed by atoms with van der Waals surface area (Å²) in [5.41, 5.74) is 3.22. The monoisotopic (exact) mass is 535 g/mol. The van der Waals surface area contributed by atoms with Gasteiger partial charge in [-0.1, -0.05) is 48.5 Å². The van der Waals surface area contributed by atoms with Crippen LogP contribution < -0.4 is 14.8 Å². The number of nitrogens with one attached hydrogen (secondary N) is 1.